The number of pyridine rings is 1. The summed E-state index contributed by atoms with van der Waals surface area (Å²) < 4.78 is 40.2. The second kappa shape index (κ2) is 11.1. The summed E-state index contributed by atoms with van der Waals surface area (Å²) in [5, 5.41) is 9.11. The summed E-state index contributed by atoms with van der Waals surface area (Å²) >= 11 is 0. The van der Waals surface area contributed by atoms with E-state index in [-0.39, 0.29) is 17.3 Å². The van der Waals surface area contributed by atoms with Gasteiger partial charge in [0.2, 0.25) is 12.3 Å². The largest absolute Gasteiger partial charge is 0.356 e. The minimum Gasteiger partial charge on any atom is -0.356 e. The number of H-pyrrole nitrogens is 1. The van der Waals surface area contributed by atoms with Crippen LogP contribution in [-0.4, -0.2) is 33.7 Å². The SMILES string of the molecule is Cc1ccccc1Nc1c(-c2ccnc(NC(=O)[C@H](CC(F)F)c3ccc(F)cc3)c2)[nH]c2c1C(=O)NC(C)(C)C2. The van der Waals surface area contributed by atoms with Crippen molar-refractivity contribution in [3.05, 3.63) is 95.1 Å². The Labute approximate surface area is 235 Å². The van der Waals surface area contributed by atoms with Crippen LogP contribution in [0.2, 0.25) is 0 Å². The number of aromatic nitrogens is 2. The molecule has 7 nitrogen and oxygen atoms in total. The monoisotopic (exact) mass is 561 g/mol. The molecular formula is C31H30F3N5O2. The first-order chi connectivity index (χ1) is 19.5. The van der Waals surface area contributed by atoms with Gasteiger partial charge in [0.15, 0.2) is 0 Å². The molecule has 0 spiro atoms. The summed E-state index contributed by atoms with van der Waals surface area (Å²) in [6.07, 6.45) is -1.41. The molecule has 4 N–H and O–H groups in total. The summed E-state index contributed by atoms with van der Waals surface area (Å²) in [5.74, 6) is -2.49. The highest BCUT2D eigenvalue weighted by molar-refractivity contribution is 6.07. The van der Waals surface area contributed by atoms with Crippen LogP contribution < -0.4 is 16.0 Å². The lowest BCUT2D eigenvalue weighted by atomic mass is 9.91. The van der Waals surface area contributed by atoms with Crippen molar-refractivity contribution in [2.24, 2.45) is 0 Å². The van der Waals surface area contributed by atoms with Gasteiger partial charge in [-0.05, 0) is 62.2 Å². The summed E-state index contributed by atoms with van der Waals surface area (Å²) in [6.45, 7) is 5.85. The van der Waals surface area contributed by atoms with E-state index in [9.17, 15) is 22.8 Å². The van der Waals surface area contributed by atoms with Gasteiger partial charge in [-0.2, -0.15) is 0 Å². The van der Waals surface area contributed by atoms with Crippen LogP contribution in [0.3, 0.4) is 0 Å². The molecule has 0 unspecified atom stereocenters. The number of nitrogens with one attached hydrogen (secondary N) is 4. The maximum Gasteiger partial charge on any atom is 0.255 e. The van der Waals surface area contributed by atoms with E-state index < -0.39 is 36.0 Å². The first-order valence-corrected chi connectivity index (χ1v) is 13.2. The molecule has 41 heavy (non-hydrogen) atoms. The Balaban J connectivity index is 1.51. The van der Waals surface area contributed by atoms with Gasteiger partial charge in [0.25, 0.3) is 5.91 Å². The number of alkyl halides is 2. The number of carbonyl (C=O) groups is 2. The number of amides is 2. The molecule has 1 aliphatic rings. The van der Waals surface area contributed by atoms with Crippen LogP contribution >= 0.6 is 0 Å². The zero-order valence-corrected chi connectivity index (χ0v) is 22.8. The molecule has 4 aromatic rings. The van der Waals surface area contributed by atoms with Crippen LogP contribution in [0.4, 0.5) is 30.4 Å². The lowest BCUT2D eigenvalue weighted by molar-refractivity contribution is -0.118. The molecule has 0 fully saturated rings. The van der Waals surface area contributed by atoms with E-state index in [0.29, 0.717) is 28.9 Å². The van der Waals surface area contributed by atoms with Gasteiger partial charge in [-0.15, -0.1) is 0 Å². The number of aromatic amines is 1. The number of rotatable bonds is 8. The predicted octanol–water partition coefficient (Wildman–Crippen LogP) is 6.71. The Morgan fingerprint density at radius 3 is 2.54 bits per heavy atom. The molecule has 0 bridgehead atoms. The minimum atomic E-state index is -2.74. The van der Waals surface area contributed by atoms with E-state index in [2.05, 4.69) is 25.9 Å². The van der Waals surface area contributed by atoms with Gasteiger partial charge < -0.3 is 20.9 Å². The fraction of sp³-hybridized carbons (Fsp3) is 0.258. The highest BCUT2D eigenvalue weighted by Crippen LogP contribution is 2.39. The quantitative estimate of drug-likeness (QED) is 0.192. The Kier molecular flexibility index (Phi) is 7.57. The number of anilines is 3. The van der Waals surface area contributed by atoms with Gasteiger partial charge in [0, 0.05) is 41.5 Å². The molecule has 212 valence electrons. The van der Waals surface area contributed by atoms with E-state index in [1.807, 2.05) is 45.0 Å². The van der Waals surface area contributed by atoms with Gasteiger partial charge >= 0.3 is 0 Å². The molecule has 2 aromatic heterocycles. The lowest BCUT2D eigenvalue weighted by Crippen LogP contribution is -2.49. The van der Waals surface area contributed by atoms with Crippen LogP contribution in [0.1, 0.15) is 53.4 Å². The van der Waals surface area contributed by atoms with Crippen molar-refractivity contribution in [2.75, 3.05) is 10.6 Å². The lowest BCUT2D eigenvalue weighted by Gasteiger charge is -2.30. The maximum atomic E-state index is 13.4. The molecule has 2 aromatic carbocycles. The van der Waals surface area contributed by atoms with Crippen LogP contribution in [0.5, 0.6) is 0 Å². The standard InChI is InChI=1S/C31H30F3N5O2/c1-17-6-4-5-7-22(17)36-28-26-23(16-31(2,3)39-30(26)41)37-27(28)19-12-13-35-25(14-19)38-29(40)21(15-24(33)34)18-8-10-20(32)11-9-18/h4-14,21,24,36-37H,15-16H2,1-3H3,(H,39,41)(H,35,38,40)/t21-/m1/s1. The van der Waals surface area contributed by atoms with Gasteiger partial charge in [-0.3, -0.25) is 9.59 Å². The minimum absolute atomic E-state index is 0.146. The topological polar surface area (TPSA) is 98.9 Å². The summed E-state index contributed by atoms with van der Waals surface area (Å²) in [4.78, 5) is 34.0. The van der Waals surface area contributed by atoms with Crippen LogP contribution in [0.25, 0.3) is 11.3 Å². The van der Waals surface area contributed by atoms with Crippen LogP contribution in [-0.2, 0) is 11.2 Å². The molecule has 10 heteroatoms. The summed E-state index contributed by atoms with van der Waals surface area (Å²) in [5.41, 5.74) is 4.71. The maximum absolute atomic E-state index is 13.4. The van der Waals surface area contributed by atoms with E-state index in [1.54, 1.807) is 12.1 Å². The summed E-state index contributed by atoms with van der Waals surface area (Å²) in [7, 11) is 0. The van der Waals surface area contributed by atoms with Crippen molar-refractivity contribution in [3.8, 4) is 11.3 Å². The number of hydrogen-bond donors (Lipinski definition) is 4. The second-order valence-corrected chi connectivity index (χ2v) is 10.8. The number of halogens is 3. The Morgan fingerprint density at radius 2 is 1.83 bits per heavy atom. The van der Waals surface area contributed by atoms with Gasteiger partial charge in [0.05, 0.1) is 22.9 Å². The Hall–Kier alpha value is -4.60. The third-order valence-electron chi connectivity index (χ3n) is 7.08. The van der Waals surface area contributed by atoms with Crippen molar-refractivity contribution < 1.29 is 22.8 Å². The normalized spacial score (nSPS) is 14.8. The smallest absolute Gasteiger partial charge is 0.255 e. The molecule has 0 saturated heterocycles. The van der Waals surface area contributed by atoms with E-state index in [0.717, 1.165) is 29.1 Å². The predicted molar refractivity (Wildman–Crippen MR) is 152 cm³/mol. The molecule has 1 aliphatic heterocycles. The molecular weight excluding hydrogens is 531 g/mol. The molecule has 2 amide bonds. The number of benzene rings is 2. The number of aryl methyl sites for hydroxylation is 1. The number of carbonyl (C=O) groups excluding carboxylic acids is 2. The average Bonchev–Trinajstić information content (AvgIpc) is 3.26. The number of fused-ring (bicyclic) bond motifs is 1. The third kappa shape index (κ3) is 6.11. The number of nitrogens with zero attached hydrogens (tertiary/aromatic N) is 1. The van der Waals surface area contributed by atoms with Gasteiger partial charge in [0.1, 0.15) is 11.6 Å². The summed E-state index contributed by atoms with van der Waals surface area (Å²) in [6, 6.07) is 16.0. The van der Waals surface area contributed by atoms with Crippen molar-refractivity contribution in [3.63, 3.8) is 0 Å². The van der Waals surface area contributed by atoms with Crippen molar-refractivity contribution >= 4 is 29.0 Å². The van der Waals surface area contributed by atoms with Crippen LogP contribution in [0, 0.1) is 12.7 Å². The first kappa shape index (κ1) is 27.9. The molecule has 5 rings (SSSR count). The average molecular weight is 562 g/mol. The Bertz CT molecular complexity index is 1600. The van der Waals surface area contributed by atoms with Crippen molar-refractivity contribution in [1.82, 2.24) is 15.3 Å². The van der Waals surface area contributed by atoms with Crippen molar-refractivity contribution in [2.45, 2.75) is 51.5 Å². The highest BCUT2D eigenvalue weighted by atomic mass is 19.3. The van der Waals surface area contributed by atoms with Crippen LogP contribution in [0.15, 0.2) is 66.9 Å². The van der Waals surface area contributed by atoms with E-state index in [1.165, 1.54) is 18.3 Å². The fourth-order valence-corrected chi connectivity index (χ4v) is 5.12. The van der Waals surface area contributed by atoms with Gasteiger partial charge in [-0.1, -0.05) is 30.3 Å². The fourth-order valence-electron chi connectivity index (χ4n) is 5.12. The van der Waals surface area contributed by atoms with E-state index >= 15 is 0 Å². The van der Waals surface area contributed by atoms with E-state index in [4.69, 9.17) is 0 Å². The molecule has 0 radical (unpaired) electrons. The molecule has 0 aliphatic carbocycles. The Morgan fingerprint density at radius 1 is 1.10 bits per heavy atom. The second-order valence-electron chi connectivity index (χ2n) is 10.8. The molecule has 1 atom stereocenters. The zero-order valence-electron chi connectivity index (χ0n) is 22.8. The zero-order chi connectivity index (χ0) is 29.3. The third-order valence-corrected chi connectivity index (χ3v) is 7.08. The van der Waals surface area contributed by atoms with Gasteiger partial charge in [-0.25, -0.2) is 18.2 Å². The number of para-hydroxylation sites is 1. The molecule has 0 saturated carbocycles. The first-order valence-electron chi connectivity index (χ1n) is 13.2. The number of hydrogen-bond acceptors (Lipinski definition) is 4. The molecule has 3 heterocycles. The highest BCUT2D eigenvalue weighted by Gasteiger charge is 2.35. The van der Waals surface area contributed by atoms with Crippen molar-refractivity contribution in [1.29, 1.82) is 0 Å².